The maximum Gasteiger partial charge on any atom is 0.265 e. The van der Waals surface area contributed by atoms with E-state index in [1.165, 1.54) is 21.9 Å². The lowest BCUT2D eigenvalue weighted by Gasteiger charge is -2.17. The molecule has 0 radical (unpaired) electrons. The highest BCUT2D eigenvalue weighted by molar-refractivity contribution is 7.93. The van der Waals surface area contributed by atoms with Gasteiger partial charge in [0.15, 0.2) is 0 Å². The zero-order chi connectivity index (χ0) is 17.0. The van der Waals surface area contributed by atoms with Gasteiger partial charge in [0.25, 0.3) is 10.0 Å². The number of sulfonamides is 1. The largest absolute Gasteiger partial charge is 0.443 e. The molecule has 1 aliphatic heterocycles. The number of nitrogens with zero attached hydrogens (tertiary/aromatic N) is 2. The van der Waals surface area contributed by atoms with Gasteiger partial charge in [-0.2, -0.15) is 0 Å². The van der Waals surface area contributed by atoms with Crippen LogP contribution in [-0.4, -0.2) is 13.4 Å². The number of hydrogen-bond donors (Lipinski definition) is 0. The molecule has 0 saturated heterocycles. The molecule has 7 heteroatoms. The first-order valence-corrected chi connectivity index (χ1v) is 9.99. The normalized spacial score (nSPS) is 15.1. The van der Waals surface area contributed by atoms with Gasteiger partial charge in [-0.15, -0.1) is 11.3 Å². The SMILES string of the molecule is O=S1(=O)c2cccc3cccc(c23)N1Cc1coc(-c2cccs2)n1. The summed E-state index contributed by atoms with van der Waals surface area (Å²) in [5.41, 5.74) is 1.27. The van der Waals surface area contributed by atoms with Crippen LogP contribution in [0.15, 0.2) is 69.5 Å². The predicted molar refractivity (Wildman–Crippen MR) is 97.1 cm³/mol. The second kappa shape index (κ2) is 5.18. The second-order valence-corrected chi connectivity index (χ2v) is 8.54. The zero-order valence-corrected chi connectivity index (χ0v) is 14.5. The van der Waals surface area contributed by atoms with E-state index in [0.717, 1.165) is 15.6 Å². The third-order valence-corrected chi connectivity index (χ3v) is 6.93. The summed E-state index contributed by atoms with van der Waals surface area (Å²) in [5, 5.41) is 3.63. The van der Waals surface area contributed by atoms with Crippen LogP contribution >= 0.6 is 11.3 Å². The van der Waals surface area contributed by atoms with Gasteiger partial charge in [-0.05, 0) is 29.0 Å². The van der Waals surface area contributed by atoms with E-state index in [4.69, 9.17) is 4.42 Å². The molecule has 3 heterocycles. The van der Waals surface area contributed by atoms with Gasteiger partial charge in [-0.25, -0.2) is 13.4 Å². The van der Waals surface area contributed by atoms with E-state index < -0.39 is 10.0 Å². The molecule has 1 aliphatic rings. The highest BCUT2D eigenvalue weighted by Crippen LogP contribution is 2.42. The van der Waals surface area contributed by atoms with Crippen molar-refractivity contribution >= 4 is 37.8 Å². The summed E-state index contributed by atoms with van der Waals surface area (Å²) in [6.45, 7) is 0.144. The van der Waals surface area contributed by atoms with E-state index in [1.807, 2.05) is 41.8 Å². The van der Waals surface area contributed by atoms with Gasteiger partial charge in [0.2, 0.25) is 5.89 Å². The van der Waals surface area contributed by atoms with E-state index in [9.17, 15) is 8.42 Å². The first-order chi connectivity index (χ1) is 12.1. The van der Waals surface area contributed by atoms with Gasteiger partial charge in [0, 0.05) is 5.39 Å². The van der Waals surface area contributed by atoms with Crippen molar-refractivity contribution < 1.29 is 12.8 Å². The summed E-state index contributed by atoms with van der Waals surface area (Å²) in [5.74, 6) is 0.511. The molecule has 0 atom stereocenters. The summed E-state index contributed by atoms with van der Waals surface area (Å²) in [6.07, 6.45) is 1.52. The average molecular weight is 368 g/mol. The van der Waals surface area contributed by atoms with E-state index in [1.54, 1.807) is 12.1 Å². The van der Waals surface area contributed by atoms with Crippen molar-refractivity contribution in [3.05, 3.63) is 65.9 Å². The quantitative estimate of drug-likeness (QED) is 0.542. The second-order valence-electron chi connectivity index (χ2n) is 5.76. The van der Waals surface area contributed by atoms with Crippen LogP contribution in [0.2, 0.25) is 0 Å². The van der Waals surface area contributed by atoms with Crippen LogP contribution in [0.5, 0.6) is 0 Å². The van der Waals surface area contributed by atoms with E-state index >= 15 is 0 Å². The van der Waals surface area contributed by atoms with Gasteiger partial charge >= 0.3 is 0 Å². The highest BCUT2D eigenvalue weighted by atomic mass is 32.2. The number of hydrogen-bond acceptors (Lipinski definition) is 5. The number of rotatable bonds is 3. The highest BCUT2D eigenvalue weighted by Gasteiger charge is 2.36. The Hall–Kier alpha value is -2.64. The smallest absolute Gasteiger partial charge is 0.265 e. The maximum atomic E-state index is 13.0. The zero-order valence-electron chi connectivity index (χ0n) is 12.9. The molecule has 124 valence electrons. The van der Waals surface area contributed by atoms with Gasteiger partial charge < -0.3 is 4.42 Å². The van der Waals surface area contributed by atoms with Crippen LogP contribution in [0.1, 0.15) is 5.69 Å². The molecule has 5 rings (SSSR count). The third-order valence-electron chi connectivity index (χ3n) is 4.27. The summed E-state index contributed by atoms with van der Waals surface area (Å²) in [6, 6.07) is 14.8. The minimum absolute atomic E-state index is 0.144. The number of thiophene rings is 1. The van der Waals surface area contributed by atoms with Crippen molar-refractivity contribution in [2.75, 3.05) is 4.31 Å². The van der Waals surface area contributed by atoms with Crippen molar-refractivity contribution in [2.45, 2.75) is 11.4 Å². The topological polar surface area (TPSA) is 63.4 Å². The summed E-state index contributed by atoms with van der Waals surface area (Å²) >= 11 is 1.53. The molecule has 0 amide bonds. The van der Waals surface area contributed by atoms with Crippen LogP contribution in [0.25, 0.3) is 21.5 Å². The third kappa shape index (κ3) is 2.13. The molecule has 25 heavy (non-hydrogen) atoms. The summed E-state index contributed by atoms with van der Waals surface area (Å²) in [4.78, 5) is 5.71. The molecule has 5 nitrogen and oxygen atoms in total. The van der Waals surface area contributed by atoms with Crippen LogP contribution in [0.3, 0.4) is 0 Å². The Morgan fingerprint density at radius 3 is 2.72 bits per heavy atom. The van der Waals surface area contributed by atoms with Crippen molar-refractivity contribution in [1.29, 1.82) is 0 Å². The fourth-order valence-electron chi connectivity index (χ4n) is 3.17. The van der Waals surface area contributed by atoms with Gasteiger partial charge in [-0.3, -0.25) is 4.31 Å². The van der Waals surface area contributed by atoms with E-state index in [2.05, 4.69) is 4.98 Å². The standard InChI is InChI=1S/C18H12N2O3S2/c21-25(22)16-8-2-5-12-4-1-6-14(17(12)16)20(25)10-13-11-23-18(19-13)15-7-3-9-24-15/h1-9,11H,10H2. The van der Waals surface area contributed by atoms with Crippen molar-refractivity contribution in [3.8, 4) is 10.8 Å². The number of aromatic nitrogens is 1. The Balaban J connectivity index is 1.59. The predicted octanol–water partition coefficient (Wildman–Crippen LogP) is 4.27. The van der Waals surface area contributed by atoms with Crippen molar-refractivity contribution in [2.24, 2.45) is 0 Å². The average Bonchev–Trinajstić information content (AvgIpc) is 3.33. The number of anilines is 1. The van der Waals surface area contributed by atoms with Crippen LogP contribution < -0.4 is 4.31 Å². The Kier molecular flexibility index (Phi) is 3.04. The molecule has 0 bridgehead atoms. The fraction of sp³-hybridized carbons (Fsp3) is 0.0556. The monoisotopic (exact) mass is 368 g/mol. The Morgan fingerprint density at radius 1 is 1.08 bits per heavy atom. The summed E-state index contributed by atoms with van der Waals surface area (Å²) in [7, 11) is -3.59. The molecule has 0 fully saturated rings. The Labute approximate surface area is 148 Å². The Morgan fingerprint density at radius 2 is 1.92 bits per heavy atom. The van der Waals surface area contributed by atoms with Crippen LogP contribution in [0.4, 0.5) is 5.69 Å². The van der Waals surface area contributed by atoms with Crippen LogP contribution in [-0.2, 0) is 16.6 Å². The first-order valence-electron chi connectivity index (χ1n) is 7.67. The minimum Gasteiger partial charge on any atom is -0.443 e. The molecule has 2 aromatic heterocycles. The lowest BCUT2D eigenvalue weighted by atomic mass is 10.1. The maximum absolute atomic E-state index is 13.0. The molecular formula is C18H12N2O3S2. The lowest BCUT2D eigenvalue weighted by molar-refractivity contribution is 0.573. The van der Waals surface area contributed by atoms with Crippen molar-refractivity contribution in [3.63, 3.8) is 0 Å². The minimum atomic E-state index is -3.59. The first kappa shape index (κ1) is 14.7. The van der Waals surface area contributed by atoms with Gasteiger partial charge in [0.1, 0.15) is 12.0 Å². The van der Waals surface area contributed by atoms with Crippen molar-refractivity contribution in [1.82, 2.24) is 4.98 Å². The lowest BCUT2D eigenvalue weighted by Crippen LogP contribution is -2.26. The molecule has 0 saturated carbocycles. The summed E-state index contributed by atoms with van der Waals surface area (Å²) < 4.78 is 32.9. The number of benzene rings is 2. The Bertz CT molecular complexity index is 1190. The number of oxazole rings is 1. The molecular weight excluding hydrogens is 356 g/mol. The van der Waals surface area contributed by atoms with Gasteiger partial charge in [-0.1, -0.05) is 30.3 Å². The molecule has 0 aliphatic carbocycles. The fourth-order valence-corrected chi connectivity index (χ4v) is 5.51. The van der Waals surface area contributed by atoms with Crippen LogP contribution in [0, 0.1) is 0 Å². The molecule has 0 N–H and O–H groups in total. The molecule has 0 unspecified atom stereocenters. The molecule has 4 aromatic rings. The van der Waals surface area contributed by atoms with E-state index in [-0.39, 0.29) is 6.54 Å². The molecule has 0 spiro atoms. The van der Waals surface area contributed by atoms with E-state index in [0.29, 0.717) is 22.2 Å². The van der Waals surface area contributed by atoms with Gasteiger partial charge in [0.05, 0.1) is 22.0 Å². The molecule has 2 aromatic carbocycles.